The number of carbonyl (C=O) groups is 1. The van der Waals surface area contributed by atoms with E-state index in [1.54, 1.807) is 6.07 Å². The molecular formula is C13H14F3N3OS. The number of aromatic nitrogens is 2. The van der Waals surface area contributed by atoms with E-state index >= 15 is 0 Å². The van der Waals surface area contributed by atoms with Crippen LogP contribution in [0.15, 0.2) is 17.0 Å². The Bertz CT molecular complexity index is 694. The van der Waals surface area contributed by atoms with Crippen molar-refractivity contribution in [1.29, 1.82) is 0 Å². The number of rotatable bonds is 3. The van der Waals surface area contributed by atoms with Crippen molar-refractivity contribution in [2.75, 3.05) is 12.8 Å². The van der Waals surface area contributed by atoms with E-state index < -0.39 is 12.0 Å². The molecule has 0 fully saturated rings. The smallest absolute Gasteiger partial charge is 0.355 e. The molecule has 1 aromatic carbocycles. The number of carbonyl (C=O) groups excluding carboxylic acids is 1. The third-order valence-electron chi connectivity index (χ3n) is 3.01. The van der Waals surface area contributed by atoms with Crippen molar-refractivity contribution in [2.24, 2.45) is 7.05 Å². The monoisotopic (exact) mass is 317 g/mol. The lowest BCUT2D eigenvalue weighted by atomic mass is 10.2. The van der Waals surface area contributed by atoms with Gasteiger partial charge >= 0.3 is 6.18 Å². The molecule has 0 saturated heterocycles. The Morgan fingerprint density at radius 2 is 2.10 bits per heavy atom. The van der Waals surface area contributed by atoms with Gasteiger partial charge in [0.15, 0.2) is 0 Å². The molecule has 0 atom stereocenters. The van der Waals surface area contributed by atoms with Crippen LogP contribution < -0.4 is 5.32 Å². The van der Waals surface area contributed by atoms with Gasteiger partial charge in [-0.05, 0) is 17.9 Å². The summed E-state index contributed by atoms with van der Waals surface area (Å²) in [6.45, 7) is 1.91. The van der Waals surface area contributed by atoms with Crippen LogP contribution in [0.2, 0.25) is 0 Å². The zero-order chi connectivity index (χ0) is 15.8. The van der Waals surface area contributed by atoms with Crippen LogP contribution in [0.1, 0.15) is 23.1 Å². The van der Waals surface area contributed by atoms with Crippen LogP contribution in [0.3, 0.4) is 0 Å². The topological polar surface area (TPSA) is 46.9 Å². The van der Waals surface area contributed by atoms with E-state index in [9.17, 15) is 18.0 Å². The average molecular weight is 317 g/mol. The largest absolute Gasteiger partial charge is 0.449 e. The van der Waals surface area contributed by atoms with Crippen LogP contribution in [-0.2, 0) is 13.2 Å². The van der Waals surface area contributed by atoms with E-state index in [2.05, 4.69) is 10.3 Å². The lowest BCUT2D eigenvalue weighted by Crippen LogP contribution is -2.18. The number of nitrogens with zero attached hydrogens (tertiary/aromatic N) is 2. The number of aryl methyl sites for hydroxylation is 1. The highest BCUT2D eigenvalue weighted by Gasteiger charge is 2.37. The van der Waals surface area contributed by atoms with E-state index in [1.165, 1.54) is 31.9 Å². The first-order valence-electron chi connectivity index (χ1n) is 6.22. The highest BCUT2D eigenvalue weighted by Crippen LogP contribution is 2.33. The molecule has 21 heavy (non-hydrogen) atoms. The Morgan fingerprint density at radius 1 is 1.43 bits per heavy atom. The standard InChI is InChI=1S/C13H14F3N3OS/c1-4-21-10-6-9-8(5-7(10)11(20)17-2)18-12(19(9)3)13(14,15)16/h5-6H,4H2,1-3H3,(H,17,20). The van der Waals surface area contributed by atoms with Gasteiger partial charge in [-0.25, -0.2) is 4.98 Å². The maximum atomic E-state index is 12.9. The molecule has 0 saturated carbocycles. The first kappa shape index (κ1) is 15.7. The van der Waals surface area contributed by atoms with Gasteiger partial charge in [0.1, 0.15) is 0 Å². The van der Waals surface area contributed by atoms with Gasteiger partial charge in [0.2, 0.25) is 5.82 Å². The minimum atomic E-state index is -4.53. The number of thioether (sulfide) groups is 1. The zero-order valence-corrected chi connectivity index (χ0v) is 12.5. The third kappa shape index (κ3) is 2.85. The zero-order valence-electron chi connectivity index (χ0n) is 11.7. The van der Waals surface area contributed by atoms with E-state index in [-0.39, 0.29) is 11.4 Å². The lowest BCUT2D eigenvalue weighted by molar-refractivity contribution is -0.146. The molecule has 8 heteroatoms. The van der Waals surface area contributed by atoms with Crippen LogP contribution in [-0.4, -0.2) is 28.3 Å². The SMILES string of the molecule is CCSc1cc2c(cc1C(=O)NC)nc(C(F)(F)F)n2C. The fourth-order valence-corrected chi connectivity index (χ4v) is 2.87. The summed E-state index contributed by atoms with van der Waals surface area (Å²) in [5.41, 5.74) is 0.846. The number of halogens is 3. The van der Waals surface area contributed by atoms with Gasteiger partial charge in [0, 0.05) is 19.0 Å². The Labute approximate surface area is 123 Å². The first-order valence-corrected chi connectivity index (χ1v) is 7.20. The van der Waals surface area contributed by atoms with Gasteiger partial charge in [0.05, 0.1) is 16.6 Å². The van der Waals surface area contributed by atoms with Gasteiger partial charge in [-0.1, -0.05) is 6.92 Å². The molecule has 0 radical (unpaired) electrons. The van der Waals surface area contributed by atoms with Crippen molar-refractivity contribution in [3.05, 3.63) is 23.5 Å². The molecule has 2 rings (SSSR count). The van der Waals surface area contributed by atoms with Gasteiger partial charge < -0.3 is 9.88 Å². The second-order valence-electron chi connectivity index (χ2n) is 4.34. The third-order valence-corrected chi connectivity index (χ3v) is 3.94. The van der Waals surface area contributed by atoms with Crippen molar-refractivity contribution in [3.63, 3.8) is 0 Å². The summed E-state index contributed by atoms with van der Waals surface area (Å²) in [6.07, 6.45) is -4.53. The van der Waals surface area contributed by atoms with Crippen LogP contribution in [0.4, 0.5) is 13.2 Å². The molecule has 114 valence electrons. The minimum absolute atomic E-state index is 0.156. The Morgan fingerprint density at radius 3 is 2.62 bits per heavy atom. The molecule has 0 aliphatic carbocycles. The molecule has 1 amide bonds. The van der Waals surface area contributed by atoms with Crippen molar-refractivity contribution >= 4 is 28.7 Å². The summed E-state index contributed by atoms with van der Waals surface area (Å²) < 4.78 is 39.7. The van der Waals surface area contributed by atoms with Crippen LogP contribution in [0, 0.1) is 0 Å². The molecule has 0 aliphatic rings. The summed E-state index contributed by atoms with van der Waals surface area (Å²) in [7, 11) is 2.80. The molecule has 2 aromatic rings. The Kier molecular flexibility index (Phi) is 4.18. The number of fused-ring (bicyclic) bond motifs is 1. The molecule has 4 nitrogen and oxygen atoms in total. The highest BCUT2D eigenvalue weighted by atomic mass is 32.2. The summed E-state index contributed by atoms with van der Waals surface area (Å²) in [5, 5.41) is 2.49. The number of benzene rings is 1. The van der Waals surface area contributed by atoms with Crippen molar-refractivity contribution in [3.8, 4) is 0 Å². The van der Waals surface area contributed by atoms with Gasteiger partial charge in [0.25, 0.3) is 5.91 Å². The highest BCUT2D eigenvalue weighted by molar-refractivity contribution is 7.99. The normalized spacial score (nSPS) is 11.9. The Balaban J connectivity index is 2.71. The quantitative estimate of drug-likeness (QED) is 0.885. The molecular weight excluding hydrogens is 303 g/mol. The average Bonchev–Trinajstić information content (AvgIpc) is 2.74. The summed E-state index contributed by atoms with van der Waals surface area (Å²) in [5.74, 6) is -0.606. The number of alkyl halides is 3. The maximum absolute atomic E-state index is 12.9. The van der Waals surface area contributed by atoms with Crippen molar-refractivity contribution in [2.45, 2.75) is 18.0 Å². The van der Waals surface area contributed by atoms with Crippen LogP contribution in [0.5, 0.6) is 0 Å². The summed E-state index contributed by atoms with van der Waals surface area (Å²) in [4.78, 5) is 16.1. The minimum Gasteiger partial charge on any atom is -0.355 e. The number of hydrogen-bond acceptors (Lipinski definition) is 3. The van der Waals surface area contributed by atoms with Crippen molar-refractivity contribution < 1.29 is 18.0 Å². The number of hydrogen-bond donors (Lipinski definition) is 1. The summed E-state index contributed by atoms with van der Waals surface area (Å²) >= 11 is 1.40. The molecule has 1 heterocycles. The Hall–Kier alpha value is -1.70. The van der Waals surface area contributed by atoms with E-state index in [1.807, 2.05) is 6.92 Å². The molecule has 0 bridgehead atoms. The lowest BCUT2D eigenvalue weighted by Gasteiger charge is -2.08. The fourth-order valence-electron chi connectivity index (χ4n) is 2.06. The van der Waals surface area contributed by atoms with Crippen molar-refractivity contribution in [1.82, 2.24) is 14.9 Å². The fraction of sp³-hybridized carbons (Fsp3) is 0.385. The predicted octanol–water partition coefficient (Wildman–Crippen LogP) is 3.06. The van der Waals surface area contributed by atoms with Crippen LogP contribution >= 0.6 is 11.8 Å². The second kappa shape index (κ2) is 5.59. The molecule has 0 unspecified atom stereocenters. The number of nitrogens with one attached hydrogen (secondary N) is 1. The molecule has 1 aromatic heterocycles. The van der Waals surface area contributed by atoms with Crippen LogP contribution in [0.25, 0.3) is 11.0 Å². The van der Waals surface area contributed by atoms with E-state index in [0.29, 0.717) is 21.7 Å². The van der Waals surface area contributed by atoms with Gasteiger partial charge in [-0.15, -0.1) is 11.8 Å². The van der Waals surface area contributed by atoms with Gasteiger partial charge in [-0.2, -0.15) is 13.2 Å². The predicted molar refractivity (Wildman–Crippen MR) is 75.5 cm³/mol. The maximum Gasteiger partial charge on any atom is 0.449 e. The molecule has 0 spiro atoms. The molecule has 1 N–H and O–H groups in total. The van der Waals surface area contributed by atoms with Gasteiger partial charge in [-0.3, -0.25) is 4.79 Å². The second-order valence-corrected chi connectivity index (χ2v) is 5.65. The van der Waals surface area contributed by atoms with E-state index in [0.717, 1.165) is 4.57 Å². The number of amides is 1. The molecule has 0 aliphatic heterocycles. The number of imidazole rings is 1. The first-order chi connectivity index (χ1) is 9.79. The summed E-state index contributed by atoms with van der Waals surface area (Å²) in [6, 6.07) is 2.98. The van der Waals surface area contributed by atoms with E-state index in [4.69, 9.17) is 0 Å².